The Morgan fingerprint density at radius 2 is 1.00 bits per heavy atom. The number of rotatable bonds is 10. The molecule has 2 fully saturated rings. The summed E-state index contributed by atoms with van der Waals surface area (Å²) in [6.07, 6.45) is 17.2. The number of hydrogen-bond donors (Lipinski definition) is 2. The third-order valence-corrected chi connectivity index (χ3v) is 8.14. The molecule has 0 bridgehead atoms. The maximum absolute atomic E-state index is 12.4. The fourth-order valence-corrected chi connectivity index (χ4v) is 5.83. The van der Waals surface area contributed by atoms with Crippen molar-refractivity contribution in [1.29, 1.82) is 0 Å². The molecular weight excluding hydrogens is 488 g/mol. The van der Waals surface area contributed by atoms with Crippen LogP contribution in [-0.2, 0) is 9.59 Å². The minimum atomic E-state index is -0.0199. The van der Waals surface area contributed by atoms with E-state index in [1.165, 1.54) is 32.1 Å². The lowest BCUT2D eigenvalue weighted by Crippen LogP contribution is -2.38. The van der Waals surface area contributed by atoms with Gasteiger partial charge >= 0.3 is 0 Å². The minimum absolute atomic E-state index is 0.0199. The van der Waals surface area contributed by atoms with Crippen molar-refractivity contribution in [2.75, 3.05) is 14.2 Å². The van der Waals surface area contributed by atoms with E-state index in [0.717, 1.165) is 60.1 Å². The van der Waals surface area contributed by atoms with E-state index in [2.05, 4.69) is 10.6 Å². The van der Waals surface area contributed by atoms with Gasteiger partial charge in [0.1, 0.15) is 11.5 Å². The number of nitrogens with one attached hydrogen (secondary N) is 2. The third-order valence-electron chi connectivity index (χ3n) is 8.14. The Hall–Kier alpha value is -3.54. The molecule has 4 rings (SSSR count). The highest BCUT2D eigenvalue weighted by Crippen LogP contribution is 2.35. The third kappa shape index (κ3) is 9.31. The molecule has 2 aromatic rings. The highest BCUT2D eigenvalue weighted by molar-refractivity contribution is 5.92. The largest absolute Gasteiger partial charge is 0.497 e. The zero-order valence-electron chi connectivity index (χ0n) is 23.2. The lowest BCUT2D eigenvalue weighted by atomic mass is 9.75. The second-order valence-electron chi connectivity index (χ2n) is 10.9. The molecule has 0 spiro atoms. The Morgan fingerprint density at radius 3 is 1.33 bits per heavy atom. The van der Waals surface area contributed by atoms with Crippen molar-refractivity contribution in [3.63, 3.8) is 0 Å². The van der Waals surface area contributed by atoms with Crippen LogP contribution in [0.1, 0.15) is 68.9 Å². The van der Waals surface area contributed by atoms with Gasteiger partial charge in [-0.2, -0.15) is 0 Å². The first kappa shape index (κ1) is 28.5. The standard InChI is InChI=1S/C33H42N2O4/c1-38-30-17-7-24(8-18-30)11-21-32(36)34-28-13-3-26(4-14-28)23-27-5-15-29(16-6-27)35-33(37)22-12-25-9-19-31(39-2)20-10-25/h7-12,17-22,26-29H,3-6,13-16,23H2,1-2H3,(H,34,36)(H,35,37)/b21-11+,22-12+. The molecule has 0 radical (unpaired) electrons. The Morgan fingerprint density at radius 1 is 0.641 bits per heavy atom. The van der Waals surface area contributed by atoms with Crippen LogP contribution in [0.15, 0.2) is 60.7 Å². The minimum Gasteiger partial charge on any atom is -0.497 e. The second kappa shape index (κ2) is 14.6. The van der Waals surface area contributed by atoms with E-state index in [1.54, 1.807) is 26.4 Å². The van der Waals surface area contributed by atoms with E-state index in [0.29, 0.717) is 0 Å². The lowest BCUT2D eigenvalue weighted by Gasteiger charge is -2.34. The van der Waals surface area contributed by atoms with Crippen LogP contribution in [0, 0.1) is 11.8 Å². The predicted octanol–water partition coefficient (Wildman–Crippen LogP) is 6.17. The summed E-state index contributed by atoms with van der Waals surface area (Å²) >= 11 is 0. The monoisotopic (exact) mass is 530 g/mol. The summed E-state index contributed by atoms with van der Waals surface area (Å²) in [7, 11) is 3.29. The number of amides is 2. The average Bonchev–Trinajstić information content (AvgIpc) is 2.97. The van der Waals surface area contributed by atoms with Crippen LogP contribution >= 0.6 is 0 Å². The van der Waals surface area contributed by atoms with Crippen LogP contribution in [0.3, 0.4) is 0 Å². The van der Waals surface area contributed by atoms with Crippen molar-refractivity contribution in [2.45, 2.75) is 69.9 Å². The van der Waals surface area contributed by atoms with Crippen LogP contribution < -0.4 is 20.1 Å². The van der Waals surface area contributed by atoms with Crippen LogP contribution in [0.25, 0.3) is 12.2 Å². The average molecular weight is 531 g/mol. The molecule has 2 aliphatic rings. The number of hydrogen-bond acceptors (Lipinski definition) is 4. The summed E-state index contributed by atoms with van der Waals surface area (Å²) in [4.78, 5) is 24.8. The Labute approximate surface area is 232 Å². The molecule has 6 nitrogen and oxygen atoms in total. The van der Waals surface area contributed by atoms with Crippen LogP contribution in [0.4, 0.5) is 0 Å². The summed E-state index contributed by atoms with van der Waals surface area (Å²) < 4.78 is 10.3. The van der Waals surface area contributed by atoms with Crippen LogP contribution in [-0.4, -0.2) is 38.1 Å². The molecule has 2 saturated carbocycles. The van der Waals surface area contributed by atoms with Crippen molar-refractivity contribution in [1.82, 2.24) is 10.6 Å². The highest BCUT2D eigenvalue weighted by atomic mass is 16.5. The molecular formula is C33H42N2O4. The van der Waals surface area contributed by atoms with Crippen LogP contribution in [0.5, 0.6) is 11.5 Å². The smallest absolute Gasteiger partial charge is 0.244 e. The SMILES string of the molecule is COc1ccc(/C=C/C(=O)NC2CCC(CC3CCC(NC(=O)/C=C/c4ccc(OC)cc4)CC3)CC2)cc1. The van der Waals surface area contributed by atoms with Gasteiger partial charge in [-0.05, 0) is 117 Å². The molecule has 6 heteroatoms. The zero-order valence-corrected chi connectivity index (χ0v) is 23.2. The maximum atomic E-state index is 12.4. The van der Waals surface area contributed by atoms with Crippen molar-refractivity contribution >= 4 is 24.0 Å². The molecule has 0 aliphatic heterocycles. The summed E-state index contributed by atoms with van der Waals surface area (Å²) in [6.45, 7) is 0. The maximum Gasteiger partial charge on any atom is 0.244 e. The van der Waals surface area contributed by atoms with Crippen molar-refractivity contribution in [2.24, 2.45) is 11.8 Å². The highest BCUT2D eigenvalue weighted by Gasteiger charge is 2.27. The first-order valence-electron chi connectivity index (χ1n) is 14.3. The van der Waals surface area contributed by atoms with Gasteiger partial charge in [-0.1, -0.05) is 24.3 Å². The summed E-state index contributed by atoms with van der Waals surface area (Å²) in [5.41, 5.74) is 1.96. The quantitative estimate of drug-likeness (QED) is 0.360. The van der Waals surface area contributed by atoms with Gasteiger partial charge in [-0.25, -0.2) is 0 Å². The van der Waals surface area contributed by atoms with Gasteiger partial charge in [0.2, 0.25) is 11.8 Å². The van der Waals surface area contributed by atoms with E-state index in [1.807, 2.05) is 60.7 Å². The number of methoxy groups -OCH3 is 2. The topological polar surface area (TPSA) is 76.7 Å². The van der Waals surface area contributed by atoms with Gasteiger partial charge in [-0.3, -0.25) is 9.59 Å². The normalized spacial score (nSPS) is 23.4. The van der Waals surface area contributed by atoms with E-state index in [-0.39, 0.29) is 23.9 Å². The molecule has 0 atom stereocenters. The molecule has 0 aromatic heterocycles. The van der Waals surface area contributed by atoms with Gasteiger partial charge in [0.05, 0.1) is 14.2 Å². The van der Waals surface area contributed by atoms with Crippen LogP contribution in [0.2, 0.25) is 0 Å². The molecule has 2 aromatic carbocycles. The fraction of sp³-hybridized carbons (Fsp3) is 0.455. The van der Waals surface area contributed by atoms with Gasteiger partial charge in [0.15, 0.2) is 0 Å². The van der Waals surface area contributed by atoms with Gasteiger partial charge in [0.25, 0.3) is 0 Å². The number of carbonyl (C=O) groups excluding carboxylic acids is 2. The molecule has 0 heterocycles. The lowest BCUT2D eigenvalue weighted by molar-refractivity contribution is -0.118. The number of carbonyl (C=O) groups is 2. The molecule has 2 N–H and O–H groups in total. The van der Waals surface area contributed by atoms with E-state index >= 15 is 0 Å². The van der Waals surface area contributed by atoms with E-state index in [9.17, 15) is 9.59 Å². The molecule has 208 valence electrons. The van der Waals surface area contributed by atoms with Crippen molar-refractivity contribution < 1.29 is 19.1 Å². The molecule has 39 heavy (non-hydrogen) atoms. The number of ether oxygens (including phenoxy) is 2. The molecule has 2 amide bonds. The Balaban J connectivity index is 1.10. The zero-order chi connectivity index (χ0) is 27.5. The first-order chi connectivity index (χ1) is 19.0. The fourth-order valence-electron chi connectivity index (χ4n) is 5.83. The summed E-state index contributed by atoms with van der Waals surface area (Å²) in [6, 6.07) is 15.9. The Bertz CT molecular complexity index is 1020. The van der Waals surface area contributed by atoms with Gasteiger partial charge in [-0.15, -0.1) is 0 Å². The Kier molecular flexibility index (Phi) is 10.6. The van der Waals surface area contributed by atoms with E-state index in [4.69, 9.17) is 9.47 Å². The first-order valence-corrected chi connectivity index (χ1v) is 14.3. The van der Waals surface area contributed by atoms with Crippen molar-refractivity contribution in [3.8, 4) is 11.5 Å². The van der Waals surface area contributed by atoms with Crippen molar-refractivity contribution in [3.05, 3.63) is 71.8 Å². The van der Waals surface area contributed by atoms with E-state index < -0.39 is 0 Å². The molecule has 0 unspecified atom stereocenters. The van der Waals surface area contributed by atoms with Gasteiger partial charge < -0.3 is 20.1 Å². The molecule has 0 saturated heterocycles. The summed E-state index contributed by atoms with van der Waals surface area (Å²) in [5.74, 6) is 3.07. The summed E-state index contributed by atoms with van der Waals surface area (Å²) in [5, 5.41) is 6.37. The molecule has 2 aliphatic carbocycles. The second-order valence-corrected chi connectivity index (χ2v) is 10.9. The number of benzene rings is 2. The van der Waals surface area contributed by atoms with Gasteiger partial charge in [0, 0.05) is 24.2 Å². The predicted molar refractivity (Wildman–Crippen MR) is 156 cm³/mol.